The van der Waals surface area contributed by atoms with E-state index in [0.717, 1.165) is 5.56 Å². The third-order valence-electron chi connectivity index (χ3n) is 4.04. The molecule has 0 aromatic heterocycles. The van der Waals surface area contributed by atoms with Gasteiger partial charge in [0.25, 0.3) is 5.91 Å². The van der Waals surface area contributed by atoms with E-state index in [1.807, 2.05) is 0 Å². The van der Waals surface area contributed by atoms with Gasteiger partial charge >= 0.3 is 6.03 Å². The first kappa shape index (κ1) is 17.8. The van der Waals surface area contributed by atoms with E-state index in [1.165, 1.54) is 0 Å². The first-order valence-electron chi connectivity index (χ1n) is 7.97. The number of anilines is 1. The summed E-state index contributed by atoms with van der Waals surface area (Å²) in [7, 11) is 1.56. The minimum Gasteiger partial charge on any atom is -0.497 e. The lowest BCUT2D eigenvalue weighted by Gasteiger charge is -2.28. The minimum atomic E-state index is -0.577. The van der Waals surface area contributed by atoms with Crippen molar-refractivity contribution in [3.63, 3.8) is 0 Å². The first-order chi connectivity index (χ1) is 12.5. The Hall–Kier alpha value is -2.99. The van der Waals surface area contributed by atoms with Gasteiger partial charge in [-0.15, -0.1) is 0 Å². The number of nitrogens with one attached hydrogen (secondary N) is 3. The summed E-state index contributed by atoms with van der Waals surface area (Å²) in [6.45, 7) is 1.70. The van der Waals surface area contributed by atoms with E-state index < -0.39 is 6.04 Å². The van der Waals surface area contributed by atoms with E-state index >= 15 is 0 Å². The van der Waals surface area contributed by atoms with Crippen molar-refractivity contribution in [2.75, 3.05) is 12.4 Å². The maximum absolute atomic E-state index is 12.9. The molecule has 2 aromatic carbocycles. The number of benzene rings is 2. The molecule has 3 amide bonds. The molecular formula is C19H18ClN3O3. The summed E-state index contributed by atoms with van der Waals surface area (Å²) >= 11 is 5.94. The van der Waals surface area contributed by atoms with Crippen LogP contribution in [0.3, 0.4) is 0 Å². The van der Waals surface area contributed by atoms with Gasteiger partial charge in [0.15, 0.2) is 0 Å². The smallest absolute Gasteiger partial charge is 0.319 e. The molecule has 134 valence electrons. The maximum atomic E-state index is 12.9. The fourth-order valence-corrected chi connectivity index (χ4v) is 2.93. The van der Waals surface area contributed by atoms with Crippen LogP contribution in [0.25, 0.3) is 0 Å². The van der Waals surface area contributed by atoms with Crippen LogP contribution in [0.1, 0.15) is 18.5 Å². The van der Waals surface area contributed by atoms with Crippen molar-refractivity contribution in [3.8, 4) is 5.75 Å². The third kappa shape index (κ3) is 3.81. The molecule has 0 radical (unpaired) electrons. The van der Waals surface area contributed by atoms with Gasteiger partial charge in [-0.25, -0.2) is 4.79 Å². The van der Waals surface area contributed by atoms with Crippen LogP contribution in [0.4, 0.5) is 10.5 Å². The number of hydrogen-bond donors (Lipinski definition) is 3. The van der Waals surface area contributed by atoms with Crippen LogP contribution < -0.4 is 20.7 Å². The lowest BCUT2D eigenvalue weighted by atomic mass is 9.95. The Morgan fingerprint density at radius 3 is 2.62 bits per heavy atom. The lowest BCUT2D eigenvalue weighted by Crippen LogP contribution is -2.45. The average molecular weight is 372 g/mol. The number of halogens is 1. The van der Waals surface area contributed by atoms with Crippen LogP contribution in [-0.4, -0.2) is 19.0 Å². The number of carbonyl (C=O) groups is 2. The highest BCUT2D eigenvalue weighted by atomic mass is 35.5. The van der Waals surface area contributed by atoms with Crippen molar-refractivity contribution in [2.24, 2.45) is 0 Å². The van der Waals surface area contributed by atoms with Gasteiger partial charge in [-0.2, -0.15) is 0 Å². The molecule has 2 aromatic rings. The Morgan fingerprint density at radius 2 is 1.92 bits per heavy atom. The number of carbonyl (C=O) groups excluding carboxylic acids is 2. The fraction of sp³-hybridized carbons (Fsp3) is 0.158. The van der Waals surface area contributed by atoms with Crippen molar-refractivity contribution in [2.45, 2.75) is 13.0 Å². The van der Waals surface area contributed by atoms with Crippen molar-refractivity contribution < 1.29 is 14.3 Å². The molecule has 0 bridgehead atoms. The molecule has 1 aliphatic heterocycles. The second-order valence-corrected chi connectivity index (χ2v) is 6.24. The Labute approximate surface area is 156 Å². The molecular weight excluding hydrogens is 354 g/mol. The highest BCUT2D eigenvalue weighted by Gasteiger charge is 2.31. The summed E-state index contributed by atoms with van der Waals surface area (Å²) in [4.78, 5) is 24.8. The van der Waals surface area contributed by atoms with Gasteiger partial charge in [0.1, 0.15) is 5.75 Å². The monoisotopic (exact) mass is 371 g/mol. The van der Waals surface area contributed by atoms with E-state index in [2.05, 4.69) is 16.0 Å². The quantitative estimate of drug-likeness (QED) is 0.768. The zero-order valence-electron chi connectivity index (χ0n) is 14.3. The summed E-state index contributed by atoms with van der Waals surface area (Å²) in [6.07, 6.45) is 0. The Kier molecular flexibility index (Phi) is 5.14. The highest BCUT2D eigenvalue weighted by Crippen LogP contribution is 2.29. The van der Waals surface area contributed by atoms with Crippen molar-refractivity contribution in [1.82, 2.24) is 10.6 Å². The fourth-order valence-electron chi connectivity index (χ4n) is 2.80. The van der Waals surface area contributed by atoms with Crippen LogP contribution in [-0.2, 0) is 4.79 Å². The molecule has 0 fully saturated rings. The highest BCUT2D eigenvalue weighted by molar-refractivity contribution is 6.30. The number of allylic oxidation sites excluding steroid dienone is 1. The number of urea groups is 1. The van der Waals surface area contributed by atoms with Crippen molar-refractivity contribution >= 4 is 29.2 Å². The van der Waals surface area contributed by atoms with Crippen molar-refractivity contribution in [3.05, 3.63) is 70.4 Å². The van der Waals surface area contributed by atoms with Gasteiger partial charge in [-0.3, -0.25) is 4.79 Å². The maximum Gasteiger partial charge on any atom is 0.319 e. The summed E-state index contributed by atoms with van der Waals surface area (Å²) in [5.41, 5.74) is 2.28. The Bertz CT molecular complexity index is 878. The molecule has 7 heteroatoms. The van der Waals surface area contributed by atoms with Crippen LogP contribution in [0.15, 0.2) is 59.8 Å². The van der Waals surface area contributed by atoms with Crippen LogP contribution >= 0.6 is 11.6 Å². The molecule has 1 aliphatic rings. The lowest BCUT2D eigenvalue weighted by molar-refractivity contribution is -0.113. The standard InChI is InChI=1S/C19H18ClN3O3/c1-11-16(18(24)22-14-4-3-5-15(10-14)26-2)17(23-19(25)21-11)12-6-8-13(20)9-7-12/h3-10,17H,1-2H3,(H,22,24)(H2,21,23,25). The van der Waals surface area contributed by atoms with E-state index in [4.69, 9.17) is 16.3 Å². The molecule has 3 N–H and O–H groups in total. The van der Waals surface area contributed by atoms with E-state index in [-0.39, 0.29) is 11.9 Å². The summed E-state index contributed by atoms with van der Waals surface area (Å²) in [5, 5.41) is 8.86. The van der Waals surface area contributed by atoms with Gasteiger partial charge in [0.05, 0.1) is 18.7 Å². The first-order valence-corrected chi connectivity index (χ1v) is 8.35. The number of methoxy groups -OCH3 is 1. The summed E-state index contributed by atoms with van der Waals surface area (Å²) in [6, 6.07) is 13.1. The van der Waals surface area contributed by atoms with Gasteiger partial charge < -0.3 is 20.7 Å². The Morgan fingerprint density at radius 1 is 1.19 bits per heavy atom. The minimum absolute atomic E-state index is 0.316. The van der Waals surface area contributed by atoms with E-state index in [0.29, 0.717) is 27.7 Å². The molecule has 26 heavy (non-hydrogen) atoms. The number of amides is 3. The van der Waals surface area contributed by atoms with Crippen molar-refractivity contribution in [1.29, 1.82) is 0 Å². The van der Waals surface area contributed by atoms with Gasteiger partial charge in [-0.05, 0) is 36.8 Å². The molecule has 0 saturated heterocycles. The normalized spacial score (nSPS) is 16.6. The summed E-state index contributed by atoms with van der Waals surface area (Å²) < 4.78 is 5.17. The summed E-state index contributed by atoms with van der Waals surface area (Å²) in [5.74, 6) is 0.320. The van der Waals surface area contributed by atoms with Crippen LogP contribution in [0.5, 0.6) is 5.75 Å². The second-order valence-electron chi connectivity index (χ2n) is 5.81. The topological polar surface area (TPSA) is 79.5 Å². The SMILES string of the molecule is COc1cccc(NC(=O)C2=C(C)NC(=O)NC2c2ccc(Cl)cc2)c1. The molecule has 1 unspecified atom stereocenters. The Balaban J connectivity index is 1.92. The third-order valence-corrected chi connectivity index (χ3v) is 4.30. The predicted molar refractivity (Wildman–Crippen MR) is 100 cm³/mol. The zero-order valence-corrected chi connectivity index (χ0v) is 15.1. The van der Waals surface area contributed by atoms with Crippen LogP contribution in [0.2, 0.25) is 5.02 Å². The molecule has 1 atom stereocenters. The molecule has 1 heterocycles. The second kappa shape index (κ2) is 7.49. The molecule has 0 aliphatic carbocycles. The molecule has 0 spiro atoms. The predicted octanol–water partition coefficient (Wildman–Crippen LogP) is 3.62. The number of rotatable bonds is 4. The van der Waals surface area contributed by atoms with Gasteiger partial charge in [0.2, 0.25) is 0 Å². The molecule has 0 saturated carbocycles. The number of hydrogen-bond acceptors (Lipinski definition) is 3. The van der Waals surface area contributed by atoms with Gasteiger partial charge in [0, 0.05) is 22.5 Å². The van der Waals surface area contributed by atoms with E-state index in [9.17, 15) is 9.59 Å². The molecule has 6 nitrogen and oxygen atoms in total. The number of ether oxygens (including phenoxy) is 1. The zero-order chi connectivity index (χ0) is 18.7. The largest absolute Gasteiger partial charge is 0.497 e. The van der Waals surface area contributed by atoms with E-state index in [1.54, 1.807) is 62.6 Å². The molecule has 3 rings (SSSR count). The average Bonchev–Trinajstić information content (AvgIpc) is 2.61. The van der Waals surface area contributed by atoms with Crippen LogP contribution in [0, 0.1) is 0 Å². The van der Waals surface area contributed by atoms with Gasteiger partial charge in [-0.1, -0.05) is 29.8 Å².